The van der Waals surface area contributed by atoms with Gasteiger partial charge in [-0.3, -0.25) is 0 Å². The van der Waals surface area contributed by atoms with Gasteiger partial charge in [-0.05, 0) is 19.8 Å². The maximum absolute atomic E-state index is 5.77. The molecular formula is C9H19N3O. The van der Waals surface area contributed by atoms with E-state index in [0.717, 1.165) is 25.7 Å². The average molecular weight is 185 g/mol. The molecule has 0 aromatic rings. The van der Waals surface area contributed by atoms with Gasteiger partial charge in [0.05, 0.1) is 0 Å². The zero-order valence-corrected chi connectivity index (χ0v) is 8.25. The minimum Gasteiger partial charge on any atom is -0.383 e. The molecule has 0 bridgehead atoms. The Morgan fingerprint density at radius 1 is 1.38 bits per heavy atom. The summed E-state index contributed by atoms with van der Waals surface area (Å²) in [7, 11) is 0. The van der Waals surface area contributed by atoms with Crippen LogP contribution in [-0.2, 0) is 4.74 Å². The van der Waals surface area contributed by atoms with E-state index >= 15 is 0 Å². The van der Waals surface area contributed by atoms with E-state index < -0.39 is 0 Å². The third-order valence-electron chi connectivity index (χ3n) is 2.69. The van der Waals surface area contributed by atoms with Crippen LogP contribution in [0.1, 0.15) is 39.0 Å². The summed E-state index contributed by atoms with van der Waals surface area (Å²) in [6, 6.07) is 0. The van der Waals surface area contributed by atoms with Crippen LogP contribution < -0.4 is 11.6 Å². The monoisotopic (exact) mass is 185 g/mol. The lowest BCUT2D eigenvalue weighted by molar-refractivity contribution is -0.0120. The maximum atomic E-state index is 5.77. The Hall–Kier alpha value is -0.770. The van der Waals surface area contributed by atoms with Gasteiger partial charge in [-0.25, -0.2) is 0 Å². The zero-order chi connectivity index (χ0) is 9.73. The Balaban J connectivity index is 2.72. The summed E-state index contributed by atoms with van der Waals surface area (Å²) in [5.74, 6) is 5.65. The fraction of sp³-hybridized carbons (Fsp3) is 0.889. The topological polar surface area (TPSA) is 73.6 Å². The lowest BCUT2D eigenvalue weighted by Gasteiger charge is -2.35. The first-order valence-electron chi connectivity index (χ1n) is 4.93. The third-order valence-corrected chi connectivity index (χ3v) is 2.69. The number of hydrazone groups is 1. The molecule has 76 valence electrons. The number of hydrogen-bond acceptors (Lipinski definition) is 3. The second-order valence-corrected chi connectivity index (χ2v) is 3.50. The number of nitrogens with two attached hydrogens (primary N) is 2. The predicted octanol–water partition coefficient (Wildman–Crippen LogP) is 0.957. The summed E-state index contributed by atoms with van der Waals surface area (Å²) in [6.07, 6.45) is 5.46. The Kier molecular flexibility index (Phi) is 3.54. The van der Waals surface area contributed by atoms with Crippen molar-refractivity contribution in [1.82, 2.24) is 0 Å². The van der Waals surface area contributed by atoms with Crippen molar-refractivity contribution in [1.29, 1.82) is 0 Å². The lowest BCUT2D eigenvalue weighted by atomic mass is 9.83. The Morgan fingerprint density at radius 2 is 2.00 bits per heavy atom. The van der Waals surface area contributed by atoms with Crippen LogP contribution in [0.5, 0.6) is 0 Å². The van der Waals surface area contributed by atoms with Gasteiger partial charge in [0.2, 0.25) is 0 Å². The molecule has 1 fully saturated rings. The summed E-state index contributed by atoms with van der Waals surface area (Å²) in [5.41, 5.74) is 5.41. The molecular weight excluding hydrogens is 166 g/mol. The lowest BCUT2D eigenvalue weighted by Crippen LogP contribution is -2.48. The van der Waals surface area contributed by atoms with Crippen LogP contribution in [0.2, 0.25) is 0 Å². The van der Waals surface area contributed by atoms with Gasteiger partial charge in [0.1, 0.15) is 5.60 Å². The van der Waals surface area contributed by atoms with Crippen LogP contribution in [0, 0.1) is 0 Å². The molecule has 0 radical (unpaired) electrons. The molecule has 0 aromatic heterocycles. The SMILES string of the molecule is CCOC1(C(N)=NN)CCCCC1. The van der Waals surface area contributed by atoms with Crippen LogP contribution in [0.25, 0.3) is 0 Å². The molecule has 0 amide bonds. The first-order chi connectivity index (χ1) is 6.25. The van der Waals surface area contributed by atoms with Gasteiger partial charge in [-0.15, -0.1) is 0 Å². The highest BCUT2D eigenvalue weighted by Crippen LogP contribution is 2.31. The third kappa shape index (κ3) is 2.12. The molecule has 4 nitrogen and oxygen atoms in total. The highest BCUT2D eigenvalue weighted by atomic mass is 16.5. The van der Waals surface area contributed by atoms with Crippen molar-refractivity contribution in [2.75, 3.05) is 6.61 Å². The normalized spacial score (nSPS) is 23.0. The smallest absolute Gasteiger partial charge is 0.151 e. The molecule has 0 aliphatic heterocycles. The molecule has 0 unspecified atom stereocenters. The van der Waals surface area contributed by atoms with Crippen LogP contribution in [0.15, 0.2) is 5.10 Å². The van der Waals surface area contributed by atoms with E-state index in [2.05, 4.69) is 5.10 Å². The quantitative estimate of drug-likeness (QED) is 0.297. The second-order valence-electron chi connectivity index (χ2n) is 3.50. The van der Waals surface area contributed by atoms with Crippen LogP contribution in [0.3, 0.4) is 0 Å². The van der Waals surface area contributed by atoms with E-state index in [9.17, 15) is 0 Å². The van der Waals surface area contributed by atoms with Gasteiger partial charge in [-0.1, -0.05) is 19.3 Å². The van der Waals surface area contributed by atoms with Crippen molar-refractivity contribution < 1.29 is 4.74 Å². The number of ether oxygens (including phenoxy) is 1. The zero-order valence-electron chi connectivity index (χ0n) is 8.25. The van der Waals surface area contributed by atoms with Crippen LogP contribution in [-0.4, -0.2) is 18.0 Å². The molecule has 0 atom stereocenters. The Morgan fingerprint density at radius 3 is 2.46 bits per heavy atom. The highest BCUT2D eigenvalue weighted by Gasteiger charge is 2.36. The van der Waals surface area contributed by atoms with E-state index in [1.54, 1.807) is 0 Å². The average Bonchev–Trinajstić information content (AvgIpc) is 2.18. The van der Waals surface area contributed by atoms with Gasteiger partial charge >= 0.3 is 0 Å². The van der Waals surface area contributed by atoms with Gasteiger partial charge in [0.15, 0.2) is 5.84 Å². The summed E-state index contributed by atoms with van der Waals surface area (Å²) in [5, 5.41) is 3.57. The first kappa shape index (κ1) is 10.3. The molecule has 4 N–H and O–H groups in total. The maximum Gasteiger partial charge on any atom is 0.151 e. The summed E-state index contributed by atoms with van der Waals surface area (Å²) < 4.78 is 5.69. The number of nitrogens with zero attached hydrogens (tertiary/aromatic N) is 1. The van der Waals surface area contributed by atoms with Crippen molar-refractivity contribution >= 4 is 5.84 Å². The molecule has 13 heavy (non-hydrogen) atoms. The van der Waals surface area contributed by atoms with Crippen molar-refractivity contribution in [3.63, 3.8) is 0 Å². The van der Waals surface area contributed by atoms with Gasteiger partial charge in [0.25, 0.3) is 0 Å². The molecule has 0 aromatic carbocycles. The summed E-state index contributed by atoms with van der Waals surface area (Å²) >= 11 is 0. The molecule has 0 spiro atoms. The fourth-order valence-electron chi connectivity index (χ4n) is 1.99. The number of rotatable bonds is 3. The van der Waals surface area contributed by atoms with Crippen LogP contribution in [0.4, 0.5) is 0 Å². The predicted molar refractivity (Wildman–Crippen MR) is 53.3 cm³/mol. The van der Waals surface area contributed by atoms with Gasteiger partial charge in [-0.2, -0.15) is 5.10 Å². The van der Waals surface area contributed by atoms with E-state index in [0.29, 0.717) is 12.4 Å². The van der Waals surface area contributed by atoms with Crippen molar-refractivity contribution in [2.45, 2.75) is 44.6 Å². The first-order valence-corrected chi connectivity index (χ1v) is 4.93. The Labute approximate surface area is 79.3 Å². The molecule has 1 aliphatic carbocycles. The largest absolute Gasteiger partial charge is 0.383 e. The van der Waals surface area contributed by atoms with Crippen molar-refractivity contribution in [2.24, 2.45) is 16.7 Å². The highest BCUT2D eigenvalue weighted by molar-refractivity contribution is 5.88. The van der Waals surface area contributed by atoms with E-state index in [-0.39, 0.29) is 5.60 Å². The standard InChI is InChI=1S/C9H19N3O/c1-2-13-9(8(10)12-11)6-4-3-5-7-9/h2-7,11H2,1H3,(H2,10,12). The van der Waals surface area contributed by atoms with E-state index in [4.69, 9.17) is 16.3 Å². The van der Waals surface area contributed by atoms with Crippen LogP contribution >= 0.6 is 0 Å². The van der Waals surface area contributed by atoms with E-state index in [1.807, 2.05) is 6.92 Å². The second kappa shape index (κ2) is 4.46. The summed E-state index contributed by atoms with van der Waals surface area (Å²) in [6.45, 7) is 2.64. The molecule has 0 heterocycles. The number of hydrogen-bond donors (Lipinski definition) is 2. The van der Waals surface area contributed by atoms with Crippen molar-refractivity contribution in [3.8, 4) is 0 Å². The summed E-state index contributed by atoms with van der Waals surface area (Å²) in [4.78, 5) is 0. The minimum absolute atomic E-state index is 0.359. The molecule has 1 aliphatic rings. The molecule has 1 saturated carbocycles. The molecule has 4 heteroatoms. The molecule has 1 rings (SSSR count). The number of amidine groups is 1. The van der Waals surface area contributed by atoms with Gasteiger partial charge < -0.3 is 16.3 Å². The van der Waals surface area contributed by atoms with Gasteiger partial charge in [0, 0.05) is 6.61 Å². The fourth-order valence-corrected chi connectivity index (χ4v) is 1.99. The van der Waals surface area contributed by atoms with E-state index in [1.165, 1.54) is 6.42 Å². The minimum atomic E-state index is -0.359. The Bertz CT molecular complexity index is 180. The molecule has 0 saturated heterocycles. The van der Waals surface area contributed by atoms with Crippen molar-refractivity contribution in [3.05, 3.63) is 0 Å².